The van der Waals surface area contributed by atoms with Crippen LogP contribution in [0.25, 0.3) is 21.3 Å². The molecule has 18 heteroatoms. The van der Waals surface area contributed by atoms with Crippen LogP contribution in [-0.4, -0.2) is 46.2 Å². The average Bonchev–Trinajstić information content (AvgIpc) is 3.47. The SMILES string of the molecule is Cc1c(-c2cc(C(F)F)nc3sc(C(N)=O)c(NC(=O)Cn4nc([N+](=O)[O-])c([N+](=O)[O-])c4C)c23)cnn1C. The van der Waals surface area contributed by atoms with Crippen molar-refractivity contribution >= 4 is 50.6 Å². The number of nitrogens with two attached hydrogens (primary N) is 1. The summed E-state index contributed by atoms with van der Waals surface area (Å²) in [6, 6.07) is 1.12. The van der Waals surface area contributed by atoms with Gasteiger partial charge in [0.05, 0.1) is 21.9 Å². The lowest BCUT2D eigenvalue weighted by Gasteiger charge is -2.10. The van der Waals surface area contributed by atoms with Crippen molar-refractivity contribution in [3.8, 4) is 11.1 Å². The van der Waals surface area contributed by atoms with Gasteiger partial charge in [-0.3, -0.25) is 24.4 Å². The Bertz CT molecular complexity index is 1660. The zero-order valence-electron chi connectivity index (χ0n) is 19.8. The van der Waals surface area contributed by atoms with E-state index in [0.717, 1.165) is 10.7 Å². The molecule has 4 heterocycles. The van der Waals surface area contributed by atoms with Crippen LogP contribution in [0.15, 0.2) is 12.3 Å². The summed E-state index contributed by atoms with van der Waals surface area (Å²) in [6.07, 6.45) is -1.51. The van der Waals surface area contributed by atoms with Gasteiger partial charge >= 0.3 is 11.5 Å². The summed E-state index contributed by atoms with van der Waals surface area (Å²) in [5, 5.41) is 32.8. The van der Waals surface area contributed by atoms with Crippen molar-refractivity contribution in [2.75, 3.05) is 5.32 Å². The quantitative estimate of drug-likeness (QED) is 0.244. The van der Waals surface area contributed by atoms with E-state index in [1.165, 1.54) is 17.8 Å². The molecule has 0 radical (unpaired) electrons. The number of alkyl halides is 2. The van der Waals surface area contributed by atoms with E-state index in [2.05, 4.69) is 20.5 Å². The number of hydrogen-bond donors (Lipinski definition) is 2. The van der Waals surface area contributed by atoms with Gasteiger partial charge in [0.1, 0.15) is 27.6 Å². The monoisotopic (exact) mass is 549 g/mol. The lowest BCUT2D eigenvalue weighted by atomic mass is 10.0. The molecule has 0 unspecified atom stereocenters. The van der Waals surface area contributed by atoms with Gasteiger partial charge in [-0.25, -0.2) is 13.8 Å². The first kappa shape index (κ1) is 26.2. The van der Waals surface area contributed by atoms with Gasteiger partial charge in [0.2, 0.25) is 5.91 Å². The van der Waals surface area contributed by atoms with Crippen LogP contribution in [0.1, 0.15) is 33.2 Å². The Kier molecular flexibility index (Phi) is 6.58. The van der Waals surface area contributed by atoms with Crippen molar-refractivity contribution in [3.05, 3.63) is 54.5 Å². The zero-order chi connectivity index (χ0) is 28.0. The number of fused-ring (bicyclic) bond motifs is 1. The van der Waals surface area contributed by atoms with Crippen molar-refractivity contribution in [2.24, 2.45) is 12.8 Å². The van der Waals surface area contributed by atoms with Gasteiger partial charge < -0.3 is 21.2 Å². The molecule has 2 amide bonds. The standard InChI is InChI=1S/C20H17F2N9O6S/c1-7-10(5-24-28(7)3)9-4-11(17(21)22)25-20-13(9)14(16(38-20)18(23)33)26-12(32)6-29-8(2)15(30(34)35)19(27-29)31(36)37/h4-5,17H,6H2,1-3H3,(H2,23,33)(H,26,32). The number of nitrogens with one attached hydrogen (secondary N) is 1. The molecule has 0 fully saturated rings. The fourth-order valence-electron chi connectivity index (χ4n) is 3.82. The molecule has 0 aliphatic heterocycles. The second kappa shape index (κ2) is 9.54. The normalized spacial score (nSPS) is 11.3. The van der Waals surface area contributed by atoms with E-state index in [1.807, 2.05) is 0 Å². The van der Waals surface area contributed by atoms with Gasteiger partial charge in [-0.2, -0.15) is 9.78 Å². The summed E-state index contributed by atoms with van der Waals surface area (Å²) in [4.78, 5) is 49.4. The van der Waals surface area contributed by atoms with E-state index in [0.29, 0.717) is 22.6 Å². The second-order valence-corrected chi connectivity index (χ2v) is 8.99. The summed E-state index contributed by atoms with van der Waals surface area (Å²) in [6.45, 7) is 2.16. The number of anilines is 1. The minimum absolute atomic E-state index is 0.00769. The largest absolute Gasteiger partial charge is 0.468 e. The Morgan fingerprint density at radius 1 is 1.18 bits per heavy atom. The van der Waals surface area contributed by atoms with Crippen molar-refractivity contribution < 1.29 is 28.2 Å². The molecule has 4 aromatic heterocycles. The molecular formula is C20H17F2N9O6S. The molecule has 198 valence electrons. The van der Waals surface area contributed by atoms with Crippen molar-refractivity contribution in [2.45, 2.75) is 26.8 Å². The van der Waals surface area contributed by atoms with Crippen LogP contribution in [-0.2, 0) is 18.4 Å². The number of nitrogens with zero attached hydrogens (tertiary/aromatic N) is 7. The van der Waals surface area contributed by atoms with Crippen LogP contribution < -0.4 is 11.1 Å². The van der Waals surface area contributed by atoms with Crippen LogP contribution in [0.3, 0.4) is 0 Å². The van der Waals surface area contributed by atoms with Crippen LogP contribution in [0.2, 0.25) is 0 Å². The maximum absolute atomic E-state index is 13.7. The molecular weight excluding hydrogens is 532 g/mol. The van der Waals surface area contributed by atoms with Crippen molar-refractivity contribution in [1.82, 2.24) is 24.5 Å². The highest BCUT2D eigenvalue weighted by molar-refractivity contribution is 7.21. The Morgan fingerprint density at radius 2 is 1.87 bits per heavy atom. The van der Waals surface area contributed by atoms with Crippen LogP contribution in [0.5, 0.6) is 0 Å². The molecule has 0 atom stereocenters. The van der Waals surface area contributed by atoms with Crippen molar-refractivity contribution in [1.29, 1.82) is 0 Å². The average molecular weight is 549 g/mol. The number of primary amides is 1. The maximum Gasteiger partial charge on any atom is 0.468 e. The predicted octanol–water partition coefficient (Wildman–Crippen LogP) is 3.00. The first-order chi connectivity index (χ1) is 17.8. The second-order valence-electron chi connectivity index (χ2n) is 7.99. The van der Waals surface area contributed by atoms with E-state index >= 15 is 0 Å². The molecule has 0 aromatic carbocycles. The molecule has 4 rings (SSSR count). The van der Waals surface area contributed by atoms with Gasteiger partial charge in [-0.15, -0.1) is 11.3 Å². The number of thiophene rings is 1. The van der Waals surface area contributed by atoms with E-state index < -0.39 is 51.8 Å². The number of pyridine rings is 1. The first-order valence-electron chi connectivity index (χ1n) is 10.5. The molecule has 15 nitrogen and oxygen atoms in total. The third kappa shape index (κ3) is 4.40. The van der Waals surface area contributed by atoms with Gasteiger partial charge in [0.15, 0.2) is 0 Å². The summed E-state index contributed by atoms with van der Waals surface area (Å²) in [5.41, 5.74) is 4.91. The van der Waals surface area contributed by atoms with Gasteiger partial charge in [0, 0.05) is 23.7 Å². The van der Waals surface area contributed by atoms with Crippen molar-refractivity contribution in [3.63, 3.8) is 0 Å². The van der Waals surface area contributed by atoms with Gasteiger partial charge in [0.25, 0.3) is 12.3 Å². The molecule has 0 saturated heterocycles. The van der Waals surface area contributed by atoms with Crippen LogP contribution in [0, 0.1) is 34.1 Å². The summed E-state index contributed by atoms with van der Waals surface area (Å²) >= 11 is 0.689. The van der Waals surface area contributed by atoms with Gasteiger partial charge in [-0.1, -0.05) is 0 Å². The van der Waals surface area contributed by atoms with Crippen LogP contribution >= 0.6 is 11.3 Å². The third-order valence-electron chi connectivity index (χ3n) is 5.73. The third-order valence-corrected chi connectivity index (χ3v) is 6.82. The molecule has 3 N–H and O–H groups in total. The molecule has 38 heavy (non-hydrogen) atoms. The Balaban J connectivity index is 1.86. The fraction of sp³-hybridized carbons (Fsp3) is 0.250. The van der Waals surface area contributed by atoms with Gasteiger partial charge in [-0.05, 0) is 30.4 Å². The highest BCUT2D eigenvalue weighted by atomic mass is 32.1. The lowest BCUT2D eigenvalue weighted by Crippen LogP contribution is -2.22. The molecule has 4 aromatic rings. The number of nitro groups is 2. The summed E-state index contributed by atoms with van der Waals surface area (Å²) < 4.78 is 29.6. The Labute approximate surface area is 214 Å². The molecule has 0 spiro atoms. The van der Waals surface area contributed by atoms with E-state index in [-0.39, 0.29) is 32.0 Å². The molecule has 0 saturated carbocycles. The summed E-state index contributed by atoms with van der Waals surface area (Å²) in [5.74, 6) is -2.90. The highest BCUT2D eigenvalue weighted by Gasteiger charge is 2.36. The Hall–Kier alpha value is -4.87. The number of carbonyl (C=O) groups is 2. The van der Waals surface area contributed by atoms with E-state index in [4.69, 9.17) is 5.73 Å². The summed E-state index contributed by atoms with van der Waals surface area (Å²) in [7, 11) is 1.64. The number of amides is 2. The Morgan fingerprint density at radius 3 is 2.37 bits per heavy atom. The number of aryl methyl sites for hydroxylation is 1. The number of rotatable bonds is 8. The first-order valence-corrected chi connectivity index (χ1v) is 11.3. The predicted molar refractivity (Wildman–Crippen MR) is 129 cm³/mol. The molecule has 0 bridgehead atoms. The molecule has 0 aliphatic carbocycles. The van der Waals surface area contributed by atoms with Crippen LogP contribution in [0.4, 0.5) is 26.0 Å². The topological polar surface area (TPSA) is 207 Å². The van der Waals surface area contributed by atoms with E-state index in [9.17, 15) is 38.6 Å². The molecule has 0 aliphatic rings. The fourth-order valence-corrected chi connectivity index (χ4v) is 4.84. The number of hydrogen-bond acceptors (Lipinski definition) is 10. The number of carbonyl (C=O) groups excluding carboxylic acids is 2. The minimum atomic E-state index is -2.94. The smallest absolute Gasteiger partial charge is 0.365 e. The number of aromatic nitrogens is 5. The lowest BCUT2D eigenvalue weighted by molar-refractivity contribution is -0.424. The minimum Gasteiger partial charge on any atom is -0.365 e. The zero-order valence-corrected chi connectivity index (χ0v) is 20.6. The highest BCUT2D eigenvalue weighted by Crippen LogP contribution is 2.43. The maximum atomic E-state index is 13.7. The van der Waals surface area contributed by atoms with E-state index in [1.54, 1.807) is 14.0 Å². The number of halogens is 2.